The van der Waals surface area contributed by atoms with Crippen molar-refractivity contribution in [1.29, 1.82) is 0 Å². The molecule has 0 amide bonds. The third-order valence-corrected chi connectivity index (χ3v) is 8.31. The van der Waals surface area contributed by atoms with E-state index in [1.54, 1.807) is 0 Å². The average Bonchev–Trinajstić information content (AvgIpc) is 3.27. The van der Waals surface area contributed by atoms with Crippen LogP contribution in [0, 0.1) is 0 Å². The summed E-state index contributed by atoms with van der Waals surface area (Å²) in [6.45, 7) is -0.565. The lowest BCUT2D eigenvalue weighted by Crippen LogP contribution is -2.71. The van der Waals surface area contributed by atoms with Crippen molar-refractivity contribution >= 4 is 0 Å². The molecule has 18 atom stereocenters. The maximum atomic E-state index is 11.1. The summed E-state index contributed by atoms with van der Waals surface area (Å²) in [5.74, 6) is 0. The summed E-state index contributed by atoms with van der Waals surface area (Å²) in [4.78, 5) is 0. The quantitative estimate of drug-likeness (QED) is 0.117. The second kappa shape index (κ2) is 13.9. The maximum absolute atomic E-state index is 11.1. The van der Waals surface area contributed by atoms with Gasteiger partial charge in [0, 0.05) is 13.1 Å². The third-order valence-electron chi connectivity index (χ3n) is 8.31. The Hall–Kier alpha value is -0.720. The van der Waals surface area contributed by atoms with Crippen LogP contribution >= 0.6 is 0 Å². The summed E-state index contributed by atoms with van der Waals surface area (Å²) in [6.07, 6.45) is -16.4. The first kappa shape index (κ1) is 33.2. The minimum absolute atomic E-state index is 0.155. The Morgan fingerprint density at radius 3 is 1.83 bits per heavy atom. The van der Waals surface area contributed by atoms with Crippen molar-refractivity contribution in [2.24, 2.45) is 34.4 Å². The molecule has 18 N–H and O–H groups in total. The molecule has 0 bridgehead atoms. The van der Waals surface area contributed by atoms with Crippen LogP contribution in [0.15, 0.2) is 0 Å². The van der Waals surface area contributed by atoms with Crippen LogP contribution in [0.5, 0.6) is 0 Å². The lowest BCUT2D eigenvalue weighted by molar-refractivity contribution is -0.295. The Morgan fingerprint density at radius 1 is 0.561 bits per heavy atom. The van der Waals surface area contributed by atoms with Gasteiger partial charge >= 0.3 is 0 Å². The number of hydrogen-bond acceptors (Lipinski definition) is 18. The molecule has 41 heavy (non-hydrogen) atoms. The molecule has 4 aliphatic rings. The highest BCUT2D eigenvalue weighted by Crippen LogP contribution is 2.34. The van der Waals surface area contributed by atoms with E-state index in [1.165, 1.54) is 0 Å². The summed E-state index contributed by atoms with van der Waals surface area (Å²) in [7, 11) is 0. The molecule has 3 saturated heterocycles. The molecule has 0 aromatic heterocycles. The first-order valence-corrected chi connectivity index (χ1v) is 13.8. The zero-order chi connectivity index (χ0) is 30.2. The lowest BCUT2D eigenvalue weighted by atomic mass is 9.82. The molecule has 0 aromatic rings. The fraction of sp³-hybridized carbons (Fsp3) is 1.00. The van der Waals surface area contributed by atoms with Gasteiger partial charge in [0.1, 0.15) is 54.9 Å². The zero-order valence-electron chi connectivity index (χ0n) is 22.5. The van der Waals surface area contributed by atoms with Gasteiger partial charge in [0.05, 0.1) is 43.0 Å². The van der Waals surface area contributed by atoms with Gasteiger partial charge in [-0.3, -0.25) is 0 Å². The zero-order valence-corrected chi connectivity index (χ0v) is 22.5. The highest BCUT2D eigenvalue weighted by Gasteiger charge is 2.55. The molecule has 4 fully saturated rings. The van der Waals surface area contributed by atoms with Gasteiger partial charge in [-0.2, -0.15) is 0 Å². The summed E-state index contributed by atoms with van der Waals surface area (Å²) in [6, 6.07) is -4.21. The molecule has 3 aliphatic heterocycles. The summed E-state index contributed by atoms with van der Waals surface area (Å²) in [5, 5.41) is 63.0. The van der Waals surface area contributed by atoms with Crippen LogP contribution in [0.2, 0.25) is 0 Å². The van der Waals surface area contributed by atoms with Crippen LogP contribution in [-0.2, 0) is 28.4 Å². The van der Waals surface area contributed by atoms with E-state index in [9.17, 15) is 30.6 Å². The number of hydrogen-bond donors (Lipinski definition) is 12. The van der Waals surface area contributed by atoms with Gasteiger partial charge in [-0.25, -0.2) is 0 Å². The monoisotopic (exact) mass is 598 g/mol. The predicted octanol–water partition coefficient (Wildman–Crippen LogP) is -7.87. The number of nitrogens with two attached hydrogens (primary N) is 6. The largest absolute Gasteiger partial charge is 0.394 e. The van der Waals surface area contributed by atoms with Gasteiger partial charge < -0.3 is 93.5 Å². The van der Waals surface area contributed by atoms with Crippen molar-refractivity contribution in [3.63, 3.8) is 0 Å². The van der Waals surface area contributed by atoms with Gasteiger partial charge in [-0.15, -0.1) is 0 Å². The standard InChI is InChI=1S/C23H46N6O12/c24-3-6-1-2-7(26)21(36-6)40-19-11(28)14(32)10(27)16(34)20(19)41-23-17(35)18(9(5-30)38-23)39-22-12(29)15(33)13(31)8(4-25)37-22/h6-23,30-35H,1-5,24-29H2/t6-,7+,8-,9+,10+,11-,12+,13+,14+,15+,16-,17+,18+,19+,20+,21+,22+,23-/m0/s1. The minimum Gasteiger partial charge on any atom is -0.394 e. The fourth-order valence-corrected chi connectivity index (χ4v) is 5.66. The van der Waals surface area contributed by atoms with Crippen LogP contribution in [0.25, 0.3) is 0 Å². The minimum atomic E-state index is -1.59. The Labute approximate surface area is 236 Å². The molecule has 0 unspecified atom stereocenters. The summed E-state index contributed by atoms with van der Waals surface area (Å²) in [5.41, 5.74) is 35.8. The summed E-state index contributed by atoms with van der Waals surface area (Å²) < 4.78 is 34.9. The van der Waals surface area contributed by atoms with Gasteiger partial charge in [-0.1, -0.05) is 0 Å². The number of aliphatic hydroxyl groups is 6. The second-order valence-electron chi connectivity index (χ2n) is 11.1. The van der Waals surface area contributed by atoms with Crippen molar-refractivity contribution in [2.45, 2.75) is 123 Å². The molecule has 0 radical (unpaired) electrons. The maximum Gasteiger partial charge on any atom is 0.187 e. The molecule has 18 nitrogen and oxygen atoms in total. The van der Waals surface area contributed by atoms with Crippen LogP contribution in [0.1, 0.15) is 12.8 Å². The van der Waals surface area contributed by atoms with E-state index in [2.05, 4.69) is 0 Å². The van der Waals surface area contributed by atoms with E-state index in [0.29, 0.717) is 12.8 Å². The van der Waals surface area contributed by atoms with Gasteiger partial charge in [-0.05, 0) is 12.8 Å². The van der Waals surface area contributed by atoms with Crippen LogP contribution in [0.4, 0.5) is 0 Å². The number of ether oxygens (including phenoxy) is 6. The lowest BCUT2D eigenvalue weighted by Gasteiger charge is -2.47. The molecule has 240 valence electrons. The van der Waals surface area contributed by atoms with E-state index in [0.717, 1.165) is 0 Å². The Morgan fingerprint density at radius 2 is 1.20 bits per heavy atom. The number of rotatable bonds is 9. The van der Waals surface area contributed by atoms with Crippen molar-refractivity contribution < 1.29 is 59.1 Å². The Kier molecular flexibility index (Phi) is 11.3. The molecule has 4 rings (SSSR count). The predicted molar refractivity (Wildman–Crippen MR) is 137 cm³/mol. The molecular formula is C23H46N6O12. The number of aliphatic hydroxyl groups excluding tert-OH is 6. The van der Waals surface area contributed by atoms with Crippen molar-refractivity contribution in [1.82, 2.24) is 0 Å². The van der Waals surface area contributed by atoms with E-state index < -0.39 is 111 Å². The highest BCUT2D eigenvalue weighted by molar-refractivity contribution is 5.05. The molecule has 1 saturated carbocycles. The topological polar surface area (TPSA) is 333 Å². The van der Waals surface area contributed by atoms with Gasteiger partial charge in [0.25, 0.3) is 0 Å². The first-order chi connectivity index (χ1) is 19.4. The molecular weight excluding hydrogens is 552 g/mol. The van der Waals surface area contributed by atoms with E-state index in [1.807, 2.05) is 0 Å². The van der Waals surface area contributed by atoms with E-state index in [-0.39, 0.29) is 19.2 Å². The normalized spacial score (nSPS) is 53.0. The Balaban J connectivity index is 1.50. The Bertz CT molecular complexity index is 838. The van der Waals surface area contributed by atoms with Gasteiger partial charge in [0.2, 0.25) is 0 Å². The molecule has 0 aromatic carbocycles. The second-order valence-corrected chi connectivity index (χ2v) is 11.1. The molecule has 0 spiro atoms. The van der Waals surface area contributed by atoms with Crippen LogP contribution < -0.4 is 34.4 Å². The van der Waals surface area contributed by atoms with E-state index >= 15 is 0 Å². The van der Waals surface area contributed by atoms with Crippen LogP contribution in [0.3, 0.4) is 0 Å². The van der Waals surface area contributed by atoms with Crippen molar-refractivity contribution in [3.8, 4) is 0 Å². The van der Waals surface area contributed by atoms with E-state index in [4.69, 9.17) is 62.8 Å². The smallest absolute Gasteiger partial charge is 0.187 e. The van der Waals surface area contributed by atoms with Crippen molar-refractivity contribution in [2.75, 3.05) is 19.7 Å². The van der Waals surface area contributed by atoms with Crippen molar-refractivity contribution in [3.05, 3.63) is 0 Å². The SMILES string of the molecule is NC[C@@H]1CC[C@@H](N)[C@@H](O[C@@H]2[C@@H](N)[C@H](O)[C@@H](N)[C@H](O)[C@H]2O[C@@H]2O[C@H](CO)[C@@H](O[C@H]3O[C@@H](CN)[C@@H](O)[C@H](O)[C@H]3N)[C@H]2O)O1. The molecule has 18 heteroatoms. The van der Waals surface area contributed by atoms with Crippen LogP contribution in [-0.4, -0.2) is 161 Å². The van der Waals surface area contributed by atoms with Gasteiger partial charge in [0.15, 0.2) is 18.9 Å². The highest BCUT2D eigenvalue weighted by atomic mass is 16.8. The average molecular weight is 599 g/mol. The molecule has 3 heterocycles. The first-order valence-electron chi connectivity index (χ1n) is 13.8. The fourth-order valence-electron chi connectivity index (χ4n) is 5.66. The molecule has 1 aliphatic carbocycles. The third kappa shape index (κ3) is 6.70. The summed E-state index contributed by atoms with van der Waals surface area (Å²) >= 11 is 0.